The van der Waals surface area contributed by atoms with E-state index in [1.807, 2.05) is 50.2 Å². The minimum absolute atomic E-state index is 0.198. The molecule has 0 fully saturated rings. The van der Waals surface area contributed by atoms with E-state index in [0.29, 0.717) is 22.2 Å². The van der Waals surface area contributed by atoms with E-state index in [4.69, 9.17) is 8.83 Å². The Morgan fingerprint density at radius 2 is 1.71 bits per heavy atom. The molecule has 5 rings (SSSR count). The Kier molecular flexibility index (Phi) is 3.49. The summed E-state index contributed by atoms with van der Waals surface area (Å²) in [7, 11) is 0. The molecule has 3 heterocycles. The molecule has 0 radical (unpaired) electrons. The Hall–Kier alpha value is -3.67. The summed E-state index contributed by atoms with van der Waals surface area (Å²) in [5, 5.41) is 1.61. The normalized spacial score (nSPS) is 11.6. The molecular weight excluding hydrogens is 356 g/mol. The molecule has 0 atom stereocenters. The molecule has 6 heteroatoms. The van der Waals surface area contributed by atoms with Gasteiger partial charge in [-0.15, -0.1) is 0 Å². The second-order valence-corrected chi connectivity index (χ2v) is 6.98. The zero-order valence-corrected chi connectivity index (χ0v) is 15.4. The van der Waals surface area contributed by atoms with Crippen molar-refractivity contribution in [3.05, 3.63) is 86.3 Å². The molecule has 6 nitrogen and oxygen atoms in total. The fourth-order valence-electron chi connectivity index (χ4n) is 3.53. The Morgan fingerprint density at radius 1 is 0.929 bits per heavy atom. The number of hydrogen-bond donors (Lipinski definition) is 0. The summed E-state index contributed by atoms with van der Waals surface area (Å²) in [5.74, 6) is 0. The third-order valence-electron chi connectivity index (χ3n) is 5.14. The zero-order chi connectivity index (χ0) is 19.4. The van der Waals surface area contributed by atoms with Gasteiger partial charge in [-0.05, 0) is 54.8 Å². The number of aryl methyl sites for hydroxylation is 2. The van der Waals surface area contributed by atoms with Crippen LogP contribution >= 0.6 is 0 Å². The van der Waals surface area contributed by atoms with Crippen molar-refractivity contribution in [2.24, 2.45) is 0 Å². The van der Waals surface area contributed by atoms with Gasteiger partial charge in [-0.25, -0.2) is 9.78 Å². The van der Waals surface area contributed by atoms with Crippen LogP contribution in [0.4, 0.5) is 0 Å². The van der Waals surface area contributed by atoms with Crippen molar-refractivity contribution in [3.8, 4) is 0 Å². The van der Waals surface area contributed by atoms with Crippen molar-refractivity contribution < 1.29 is 8.83 Å². The number of benzene rings is 2. The number of rotatable bonds is 2. The molecular formula is C22H16N2O4. The minimum Gasteiger partial charge on any atom is -0.448 e. The second kappa shape index (κ2) is 5.92. The van der Waals surface area contributed by atoms with Crippen LogP contribution in [-0.2, 0) is 6.54 Å². The molecule has 0 aliphatic carbocycles. The number of furan rings is 1. The lowest BCUT2D eigenvalue weighted by molar-refractivity contribution is 0.556. The molecule has 0 aliphatic rings. The third kappa shape index (κ3) is 2.45. The van der Waals surface area contributed by atoms with Crippen LogP contribution in [0.3, 0.4) is 0 Å². The van der Waals surface area contributed by atoms with Crippen LogP contribution in [0.15, 0.2) is 67.2 Å². The standard InChI is InChI=1S/C22H16N2O4/c1-12-7-16-14(9-19(25)27-18(16)8-13(12)2)10-24-11-23-20-15-5-3-4-6-17(15)28-21(20)22(24)26/h3-9,11H,10H2,1-2H3. The fourth-order valence-corrected chi connectivity index (χ4v) is 3.53. The van der Waals surface area contributed by atoms with Gasteiger partial charge in [0.15, 0.2) is 0 Å². The van der Waals surface area contributed by atoms with Crippen LogP contribution in [0, 0.1) is 13.8 Å². The first-order chi connectivity index (χ1) is 13.5. The van der Waals surface area contributed by atoms with E-state index < -0.39 is 5.63 Å². The van der Waals surface area contributed by atoms with E-state index >= 15 is 0 Å². The lowest BCUT2D eigenvalue weighted by Crippen LogP contribution is -2.21. The molecule has 5 aromatic rings. The summed E-state index contributed by atoms with van der Waals surface area (Å²) < 4.78 is 12.5. The first-order valence-corrected chi connectivity index (χ1v) is 8.92. The molecule has 2 aromatic carbocycles. The number of para-hydroxylation sites is 1. The quantitative estimate of drug-likeness (QED) is 0.439. The third-order valence-corrected chi connectivity index (χ3v) is 5.14. The average molecular weight is 372 g/mol. The van der Waals surface area contributed by atoms with E-state index in [9.17, 15) is 9.59 Å². The number of hydrogen-bond acceptors (Lipinski definition) is 5. The second-order valence-electron chi connectivity index (χ2n) is 6.98. The van der Waals surface area contributed by atoms with Crippen molar-refractivity contribution in [2.45, 2.75) is 20.4 Å². The highest BCUT2D eigenvalue weighted by Crippen LogP contribution is 2.25. The Bertz CT molecular complexity index is 1500. The lowest BCUT2D eigenvalue weighted by atomic mass is 10.0. The molecule has 0 spiro atoms. The van der Waals surface area contributed by atoms with Crippen molar-refractivity contribution in [1.82, 2.24) is 9.55 Å². The van der Waals surface area contributed by atoms with Gasteiger partial charge in [-0.3, -0.25) is 9.36 Å². The van der Waals surface area contributed by atoms with Gasteiger partial charge in [-0.2, -0.15) is 0 Å². The van der Waals surface area contributed by atoms with E-state index in [0.717, 1.165) is 21.9 Å². The van der Waals surface area contributed by atoms with Crippen molar-refractivity contribution in [3.63, 3.8) is 0 Å². The molecule has 0 saturated heterocycles. The van der Waals surface area contributed by atoms with E-state index in [2.05, 4.69) is 4.98 Å². The Labute approximate surface area is 158 Å². The molecule has 0 amide bonds. The molecule has 0 N–H and O–H groups in total. The highest BCUT2D eigenvalue weighted by molar-refractivity contribution is 6.01. The lowest BCUT2D eigenvalue weighted by Gasteiger charge is -2.09. The van der Waals surface area contributed by atoms with Crippen LogP contribution in [0.2, 0.25) is 0 Å². The van der Waals surface area contributed by atoms with Crippen molar-refractivity contribution in [2.75, 3.05) is 0 Å². The number of fused-ring (bicyclic) bond motifs is 4. The van der Waals surface area contributed by atoms with Crippen LogP contribution in [0.25, 0.3) is 33.0 Å². The highest BCUT2D eigenvalue weighted by Gasteiger charge is 2.15. The summed E-state index contributed by atoms with van der Waals surface area (Å²) in [4.78, 5) is 29.4. The van der Waals surface area contributed by atoms with Gasteiger partial charge in [0.1, 0.15) is 16.7 Å². The monoisotopic (exact) mass is 372 g/mol. The minimum atomic E-state index is -0.448. The predicted molar refractivity (Wildman–Crippen MR) is 107 cm³/mol. The average Bonchev–Trinajstić information content (AvgIpc) is 3.05. The SMILES string of the molecule is Cc1cc2oc(=O)cc(Cn3cnc4c(oc5ccccc54)c3=O)c2cc1C. The zero-order valence-electron chi connectivity index (χ0n) is 15.4. The van der Waals surface area contributed by atoms with Gasteiger partial charge in [0.2, 0.25) is 5.58 Å². The first kappa shape index (κ1) is 16.5. The van der Waals surface area contributed by atoms with Gasteiger partial charge in [0.05, 0.1) is 12.9 Å². The van der Waals surface area contributed by atoms with Gasteiger partial charge in [-0.1, -0.05) is 12.1 Å². The maximum absolute atomic E-state index is 13.0. The van der Waals surface area contributed by atoms with Crippen LogP contribution in [-0.4, -0.2) is 9.55 Å². The Balaban J connectivity index is 1.71. The van der Waals surface area contributed by atoms with Gasteiger partial charge in [0.25, 0.3) is 5.56 Å². The van der Waals surface area contributed by atoms with Crippen LogP contribution in [0.1, 0.15) is 16.7 Å². The summed E-state index contributed by atoms with van der Waals surface area (Å²) in [6.45, 7) is 4.16. The highest BCUT2D eigenvalue weighted by atomic mass is 16.4. The van der Waals surface area contributed by atoms with Gasteiger partial charge >= 0.3 is 5.63 Å². The van der Waals surface area contributed by atoms with Crippen LogP contribution in [0.5, 0.6) is 0 Å². The van der Waals surface area contributed by atoms with Crippen molar-refractivity contribution >= 4 is 33.0 Å². The molecule has 0 bridgehead atoms. The predicted octanol–water partition coefficient (Wildman–Crippen LogP) is 3.91. The van der Waals surface area contributed by atoms with Gasteiger partial charge in [0, 0.05) is 16.8 Å². The number of nitrogens with zero attached hydrogens (tertiary/aromatic N) is 2. The summed E-state index contributed by atoms with van der Waals surface area (Å²) in [6, 6.07) is 12.7. The summed E-state index contributed by atoms with van der Waals surface area (Å²) >= 11 is 0. The smallest absolute Gasteiger partial charge is 0.336 e. The molecule has 0 saturated carbocycles. The first-order valence-electron chi connectivity index (χ1n) is 8.92. The topological polar surface area (TPSA) is 78.2 Å². The van der Waals surface area contributed by atoms with Crippen molar-refractivity contribution in [1.29, 1.82) is 0 Å². The Morgan fingerprint density at radius 3 is 2.57 bits per heavy atom. The largest absolute Gasteiger partial charge is 0.448 e. The van der Waals surface area contributed by atoms with Crippen LogP contribution < -0.4 is 11.2 Å². The maximum atomic E-state index is 13.0. The van der Waals surface area contributed by atoms with E-state index in [-0.39, 0.29) is 17.7 Å². The summed E-state index contributed by atoms with van der Waals surface area (Å²) in [5.41, 5.74) is 3.98. The molecule has 0 unspecified atom stereocenters. The molecule has 28 heavy (non-hydrogen) atoms. The molecule has 0 aliphatic heterocycles. The molecule has 138 valence electrons. The fraction of sp³-hybridized carbons (Fsp3) is 0.136. The summed E-state index contributed by atoms with van der Waals surface area (Å²) in [6.07, 6.45) is 1.49. The number of aromatic nitrogens is 2. The van der Waals surface area contributed by atoms with E-state index in [1.54, 1.807) is 0 Å². The van der Waals surface area contributed by atoms with Gasteiger partial charge < -0.3 is 8.83 Å². The molecule has 3 aromatic heterocycles. The van der Waals surface area contributed by atoms with E-state index in [1.165, 1.54) is 17.0 Å². The maximum Gasteiger partial charge on any atom is 0.336 e.